The van der Waals surface area contributed by atoms with Crippen molar-refractivity contribution >= 4 is 0 Å². The SMILES string of the molecule is Cn1cc(CCCn2c(Cc3ccc(F)cc3)noc2=O)cn1. The molecule has 7 heteroatoms. The Kier molecular flexibility index (Phi) is 4.36. The maximum absolute atomic E-state index is 12.9. The van der Waals surface area contributed by atoms with E-state index in [9.17, 15) is 9.18 Å². The minimum absolute atomic E-state index is 0.289. The second-order valence-corrected chi connectivity index (χ2v) is 5.45. The Bertz CT molecular complexity index is 832. The largest absolute Gasteiger partial charge is 0.441 e. The number of nitrogens with zero attached hydrogens (tertiary/aromatic N) is 4. The van der Waals surface area contributed by atoms with Crippen LogP contribution >= 0.6 is 0 Å². The van der Waals surface area contributed by atoms with Crippen LogP contribution in [0.15, 0.2) is 46.0 Å². The van der Waals surface area contributed by atoms with Gasteiger partial charge in [0, 0.05) is 26.2 Å². The van der Waals surface area contributed by atoms with E-state index >= 15 is 0 Å². The van der Waals surface area contributed by atoms with Crippen molar-refractivity contribution in [3.8, 4) is 0 Å². The summed E-state index contributed by atoms with van der Waals surface area (Å²) in [5.41, 5.74) is 2.00. The van der Waals surface area contributed by atoms with Crippen LogP contribution in [-0.4, -0.2) is 19.5 Å². The first-order chi connectivity index (χ1) is 11.1. The minimum Gasteiger partial charge on any atom is -0.296 e. The summed E-state index contributed by atoms with van der Waals surface area (Å²) in [4.78, 5) is 11.8. The van der Waals surface area contributed by atoms with Crippen molar-refractivity contribution in [1.82, 2.24) is 19.5 Å². The zero-order chi connectivity index (χ0) is 16.2. The molecule has 3 rings (SSSR count). The van der Waals surface area contributed by atoms with E-state index in [0.717, 1.165) is 24.0 Å². The first-order valence-electron chi connectivity index (χ1n) is 7.39. The van der Waals surface area contributed by atoms with Gasteiger partial charge in [0.1, 0.15) is 5.82 Å². The van der Waals surface area contributed by atoms with Gasteiger partial charge in [-0.3, -0.25) is 13.8 Å². The quantitative estimate of drug-likeness (QED) is 0.697. The third-order valence-corrected chi connectivity index (χ3v) is 3.64. The summed E-state index contributed by atoms with van der Waals surface area (Å²) in [6.07, 6.45) is 5.80. The van der Waals surface area contributed by atoms with Crippen LogP contribution in [-0.2, 0) is 26.4 Å². The minimum atomic E-state index is -0.465. The molecule has 0 bridgehead atoms. The zero-order valence-corrected chi connectivity index (χ0v) is 12.8. The van der Waals surface area contributed by atoms with Gasteiger partial charge in [-0.25, -0.2) is 9.18 Å². The Labute approximate surface area is 132 Å². The lowest BCUT2D eigenvalue weighted by atomic mass is 10.1. The van der Waals surface area contributed by atoms with Crippen molar-refractivity contribution in [3.05, 3.63) is 70.0 Å². The summed E-state index contributed by atoms with van der Waals surface area (Å²) >= 11 is 0. The summed E-state index contributed by atoms with van der Waals surface area (Å²) in [7, 11) is 1.87. The maximum atomic E-state index is 12.9. The zero-order valence-electron chi connectivity index (χ0n) is 12.8. The van der Waals surface area contributed by atoms with Gasteiger partial charge in [-0.2, -0.15) is 5.10 Å². The molecule has 23 heavy (non-hydrogen) atoms. The molecule has 0 fully saturated rings. The summed E-state index contributed by atoms with van der Waals surface area (Å²) in [6, 6.07) is 6.13. The van der Waals surface area contributed by atoms with Crippen LogP contribution in [0.3, 0.4) is 0 Å². The van der Waals surface area contributed by atoms with E-state index in [4.69, 9.17) is 4.52 Å². The fourth-order valence-corrected chi connectivity index (χ4v) is 2.47. The van der Waals surface area contributed by atoms with Gasteiger partial charge >= 0.3 is 5.76 Å². The Morgan fingerprint density at radius 1 is 1.22 bits per heavy atom. The molecule has 0 radical (unpaired) electrons. The lowest BCUT2D eigenvalue weighted by Gasteiger charge is -2.04. The van der Waals surface area contributed by atoms with Gasteiger partial charge in [0.2, 0.25) is 0 Å². The molecule has 2 aromatic heterocycles. The Morgan fingerprint density at radius 3 is 2.70 bits per heavy atom. The second kappa shape index (κ2) is 6.60. The van der Waals surface area contributed by atoms with Crippen LogP contribution < -0.4 is 5.76 Å². The van der Waals surface area contributed by atoms with Crippen molar-refractivity contribution in [1.29, 1.82) is 0 Å². The van der Waals surface area contributed by atoms with E-state index in [0.29, 0.717) is 18.8 Å². The highest BCUT2D eigenvalue weighted by Crippen LogP contribution is 2.09. The van der Waals surface area contributed by atoms with Crippen LogP contribution in [0.2, 0.25) is 0 Å². The monoisotopic (exact) mass is 316 g/mol. The molecule has 0 aliphatic carbocycles. The van der Waals surface area contributed by atoms with Gasteiger partial charge in [0.05, 0.1) is 6.20 Å². The van der Waals surface area contributed by atoms with Crippen LogP contribution in [0.5, 0.6) is 0 Å². The van der Waals surface area contributed by atoms with Crippen molar-refractivity contribution in [2.75, 3.05) is 0 Å². The molecule has 6 nitrogen and oxygen atoms in total. The van der Waals surface area contributed by atoms with E-state index in [1.54, 1.807) is 16.8 Å². The number of rotatable bonds is 6. The Balaban J connectivity index is 1.66. The molecule has 0 atom stereocenters. The summed E-state index contributed by atoms with van der Waals surface area (Å²) in [5.74, 6) is -0.205. The van der Waals surface area contributed by atoms with Crippen LogP contribution in [0.4, 0.5) is 4.39 Å². The smallest absolute Gasteiger partial charge is 0.296 e. The molecule has 120 valence electrons. The molecule has 1 aromatic carbocycles. The Hall–Kier alpha value is -2.70. The first-order valence-corrected chi connectivity index (χ1v) is 7.39. The highest BCUT2D eigenvalue weighted by molar-refractivity contribution is 5.19. The highest BCUT2D eigenvalue weighted by atomic mass is 19.1. The lowest BCUT2D eigenvalue weighted by molar-refractivity contribution is 0.372. The van der Waals surface area contributed by atoms with Gasteiger partial charge in [-0.15, -0.1) is 0 Å². The number of aryl methyl sites for hydroxylation is 2. The van der Waals surface area contributed by atoms with Gasteiger partial charge in [-0.05, 0) is 36.1 Å². The Morgan fingerprint density at radius 2 is 2.00 bits per heavy atom. The average Bonchev–Trinajstić information content (AvgIpc) is 3.09. The molecule has 0 spiro atoms. The molecule has 0 amide bonds. The fourth-order valence-electron chi connectivity index (χ4n) is 2.47. The van der Waals surface area contributed by atoms with Crippen LogP contribution in [0, 0.1) is 5.82 Å². The third kappa shape index (κ3) is 3.74. The first kappa shape index (κ1) is 15.2. The number of hydrogen-bond acceptors (Lipinski definition) is 4. The topological polar surface area (TPSA) is 65.8 Å². The van der Waals surface area contributed by atoms with Crippen LogP contribution in [0.25, 0.3) is 0 Å². The maximum Gasteiger partial charge on any atom is 0.441 e. The molecule has 0 aliphatic rings. The van der Waals surface area contributed by atoms with E-state index in [1.165, 1.54) is 16.7 Å². The molecule has 0 N–H and O–H groups in total. The van der Waals surface area contributed by atoms with Crippen molar-refractivity contribution in [2.24, 2.45) is 7.05 Å². The number of hydrogen-bond donors (Lipinski definition) is 0. The molecule has 3 aromatic rings. The van der Waals surface area contributed by atoms with Crippen molar-refractivity contribution in [3.63, 3.8) is 0 Å². The normalized spacial score (nSPS) is 11.0. The van der Waals surface area contributed by atoms with E-state index < -0.39 is 5.76 Å². The van der Waals surface area contributed by atoms with Gasteiger partial charge < -0.3 is 0 Å². The highest BCUT2D eigenvalue weighted by Gasteiger charge is 2.11. The number of halogens is 1. The fraction of sp³-hybridized carbons (Fsp3) is 0.312. The van der Waals surface area contributed by atoms with Crippen LogP contribution in [0.1, 0.15) is 23.4 Å². The molecule has 0 aliphatic heterocycles. The van der Waals surface area contributed by atoms with Gasteiger partial charge in [0.15, 0.2) is 5.82 Å². The average molecular weight is 316 g/mol. The van der Waals surface area contributed by atoms with Gasteiger partial charge in [-0.1, -0.05) is 17.3 Å². The van der Waals surface area contributed by atoms with Crippen molar-refractivity contribution in [2.45, 2.75) is 25.8 Å². The van der Waals surface area contributed by atoms with E-state index in [1.807, 2.05) is 19.4 Å². The van der Waals surface area contributed by atoms with Gasteiger partial charge in [0.25, 0.3) is 0 Å². The molecule has 0 saturated carbocycles. The molecule has 2 heterocycles. The number of benzene rings is 1. The number of aromatic nitrogens is 4. The van der Waals surface area contributed by atoms with E-state index in [-0.39, 0.29) is 5.82 Å². The van der Waals surface area contributed by atoms with Crippen molar-refractivity contribution < 1.29 is 8.91 Å². The third-order valence-electron chi connectivity index (χ3n) is 3.64. The summed E-state index contributed by atoms with van der Waals surface area (Å²) in [6.45, 7) is 0.522. The predicted molar refractivity (Wildman–Crippen MR) is 81.5 cm³/mol. The standard InChI is InChI=1S/C16H17FN4O2/c1-20-11-13(10-18-20)3-2-8-21-15(19-23-16(21)22)9-12-4-6-14(17)7-5-12/h4-7,10-11H,2-3,8-9H2,1H3. The predicted octanol–water partition coefficient (Wildman–Crippen LogP) is 1.93. The summed E-state index contributed by atoms with van der Waals surface area (Å²) < 4.78 is 21.0. The van der Waals surface area contributed by atoms with E-state index in [2.05, 4.69) is 10.3 Å². The second-order valence-electron chi connectivity index (χ2n) is 5.45. The molecule has 0 saturated heterocycles. The lowest BCUT2D eigenvalue weighted by Crippen LogP contribution is -2.18. The molecular formula is C16H17FN4O2. The molecule has 0 unspecified atom stereocenters. The molecular weight excluding hydrogens is 299 g/mol. The summed E-state index contributed by atoms with van der Waals surface area (Å²) in [5, 5.41) is 7.95.